The molecule has 3 rings (SSSR count). The van der Waals surface area contributed by atoms with E-state index in [1.54, 1.807) is 13.0 Å². The predicted octanol–water partition coefficient (Wildman–Crippen LogP) is 2.00. The number of benzene rings is 1. The Morgan fingerprint density at radius 3 is 2.48 bits per heavy atom. The van der Waals surface area contributed by atoms with Crippen molar-refractivity contribution in [1.29, 1.82) is 0 Å². The van der Waals surface area contributed by atoms with Crippen LogP contribution in [0.2, 0.25) is 0 Å². The Labute approximate surface area is 160 Å². The summed E-state index contributed by atoms with van der Waals surface area (Å²) in [6.07, 6.45) is 5.79. The lowest BCUT2D eigenvalue weighted by molar-refractivity contribution is -0.124. The van der Waals surface area contributed by atoms with Crippen molar-refractivity contribution in [1.82, 2.24) is 9.62 Å². The fraction of sp³-hybridized carbons (Fsp3) is 0.579. The average molecular weight is 394 g/mol. The van der Waals surface area contributed by atoms with Gasteiger partial charge in [0.1, 0.15) is 0 Å². The highest BCUT2D eigenvalue weighted by Gasteiger charge is 2.28. The Morgan fingerprint density at radius 2 is 1.81 bits per heavy atom. The molecule has 0 radical (unpaired) electrons. The number of aryl methyl sites for hydroxylation is 1. The van der Waals surface area contributed by atoms with Crippen LogP contribution in [0.1, 0.15) is 54.4 Å². The third kappa shape index (κ3) is 4.68. The van der Waals surface area contributed by atoms with Crippen molar-refractivity contribution in [3.05, 3.63) is 29.3 Å². The van der Waals surface area contributed by atoms with Crippen molar-refractivity contribution >= 4 is 21.9 Å². The molecule has 8 heteroatoms. The van der Waals surface area contributed by atoms with E-state index in [0.717, 1.165) is 38.5 Å². The van der Waals surface area contributed by atoms with Gasteiger partial charge in [0.25, 0.3) is 5.91 Å². The number of amides is 1. The van der Waals surface area contributed by atoms with Crippen LogP contribution >= 0.6 is 0 Å². The fourth-order valence-corrected chi connectivity index (χ4v) is 5.15. The summed E-state index contributed by atoms with van der Waals surface area (Å²) in [5, 5.41) is 2.85. The molecule has 2 fully saturated rings. The molecule has 0 spiro atoms. The van der Waals surface area contributed by atoms with Crippen molar-refractivity contribution in [2.45, 2.75) is 56.4 Å². The Hall–Kier alpha value is -1.93. The number of ether oxygens (including phenoxy) is 1. The maximum Gasteiger partial charge on any atom is 0.338 e. The molecule has 1 aromatic carbocycles. The second kappa shape index (κ2) is 8.39. The quantitative estimate of drug-likeness (QED) is 0.745. The molecule has 7 nitrogen and oxygen atoms in total. The lowest BCUT2D eigenvalue weighted by atomic mass is 10.1. The van der Waals surface area contributed by atoms with Gasteiger partial charge in [-0.3, -0.25) is 4.79 Å². The highest BCUT2D eigenvalue weighted by molar-refractivity contribution is 7.89. The summed E-state index contributed by atoms with van der Waals surface area (Å²) in [4.78, 5) is 24.4. The first-order valence-electron chi connectivity index (χ1n) is 9.45. The van der Waals surface area contributed by atoms with E-state index in [2.05, 4.69) is 5.32 Å². The Kier molecular flexibility index (Phi) is 6.16. The summed E-state index contributed by atoms with van der Waals surface area (Å²) in [6, 6.07) is 4.61. The van der Waals surface area contributed by atoms with E-state index >= 15 is 0 Å². The summed E-state index contributed by atoms with van der Waals surface area (Å²) in [7, 11) is -3.61. The number of carbonyl (C=O) groups is 2. The molecule has 1 aliphatic carbocycles. The minimum atomic E-state index is -3.61. The van der Waals surface area contributed by atoms with Crippen LogP contribution in [0, 0.1) is 6.92 Å². The van der Waals surface area contributed by atoms with Crippen molar-refractivity contribution in [2.24, 2.45) is 0 Å². The van der Waals surface area contributed by atoms with Gasteiger partial charge < -0.3 is 10.1 Å². The Balaban J connectivity index is 1.66. The number of rotatable bonds is 6. The normalized spacial score (nSPS) is 18.6. The second-order valence-corrected chi connectivity index (χ2v) is 9.15. The lowest BCUT2D eigenvalue weighted by Gasteiger charge is -2.17. The van der Waals surface area contributed by atoms with Gasteiger partial charge in [0.15, 0.2) is 6.61 Å². The van der Waals surface area contributed by atoms with Crippen LogP contribution in [-0.4, -0.2) is 50.3 Å². The van der Waals surface area contributed by atoms with E-state index in [9.17, 15) is 18.0 Å². The number of hydrogen-bond acceptors (Lipinski definition) is 5. The lowest BCUT2D eigenvalue weighted by Crippen LogP contribution is -2.36. The smallest absolute Gasteiger partial charge is 0.338 e. The Bertz CT molecular complexity index is 809. The SMILES string of the molecule is Cc1ccc(S(=O)(=O)N2CCCC2)cc1C(=O)OCC(=O)NC1CCCC1. The van der Waals surface area contributed by atoms with E-state index < -0.39 is 16.0 Å². The topological polar surface area (TPSA) is 92.8 Å². The molecule has 1 aliphatic heterocycles. The third-order valence-electron chi connectivity index (χ3n) is 5.19. The number of hydrogen-bond donors (Lipinski definition) is 1. The molecule has 1 amide bonds. The summed E-state index contributed by atoms with van der Waals surface area (Å²) in [5.74, 6) is -1.01. The van der Waals surface area contributed by atoms with E-state index in [4.69, 9.17) is 4.74 Å². The molecule has 148 valence electrons. The molecule has 2 aliphatic rings. The maximum absolute atomic E-state index is 12.7. The van der Waals surface area contributed by atoms with Gasteiger partial charge in [-0.25, -0.2) is 13.2 Å². The van der Waals surface area contributed by atoms with Crippen LogP contribution in [0.25, 0.3) is 0 Å². The highest BCUT2D eigenvalue weighted by atomic mass is 32.2. The molecule has 1 saturated heterocycles. The summed E-state index contributed by atoms with van der Waals surface area (Å²) < 4.78 is 31.9. The van der Waals surface area contributed by atoms with Crippen molar-refractivity contribution in [2.75, 3.05) is 19.7 Å². The first kappa shape index (κ1) is 19.8. The van der Waals surface area contributed by atoms with Crippen LogP contribution < -0.4 is 5.32 Å². The van der Waals surface area contributed by atoms with Crippen LogP contribution in [0.15, 0.2) is 23.1 Å². The van der Waals surface area contributed by atoms with Crippen LogP contribution in [0.4, 0.5) is 0 Å². The third-order valence-corrected chi connectivity index (χ3v) is 7.08. The molecule has 0 aromatic heterocycles. The van der Waals surface area contributed by atoms with Gasteiger partial charge in [0.05, 0.1) is 10.5 Å². The zero-order valence-corrected chi connectivity index (χ0v) is 16.4. The molecular weight excluding hydrogens is 368 g/mol. The van der Waals surface area contributed by atoms with Crippen molar-refractivity contribution in [3.8, 4) is 0 Å². The van der Waals surface area contributed by atoms with E-state index in [0.29, 0.717) is 18.7 Å². The monoisotopic (exact) mass is 394 g/mol. The molecule has 1 N–H and O–H groups in total. The van der Waals surface area contributed by atoms with Gasteiger partial charge in [-0.2, -0.15) is 4.31 Å². The predicted molar refractivity (Wildman–Crippen MR) is 99.9 cm³/mol. The van der Waals surface area contributed by atoms with Gasteiger partial charge in [-0.05, 0) is 50.3 Å². The van der Waals surface area contributed by atoms with Crippen LogP contribution in [0.3, 0.4) is 0 Å². The average Bonchev–Trinajstić information content (AvgIpc) is 3.34. The highest BCUT2D eigenvalue weighted by Crippen LogP contribution is 2.23. The minimum absolute atomic E-state index is 0.0809. The number of nitrogens with zero attached hydrogens (tertiary/aromatic N) is 1. The van der Waals surface area contributed by atoms with Crippen molar-refractivity contribution in [3.63, 3.8) is 0 Å². The largest absolute Gasteiger partial charge is 0.452 e. The maximum atomic E-state index is 12.7. The zero-order valence-electron chi connectivity index (χ0n) is 15.6. The molecule has 27 heavy (non-hydrogen) atoms. The van der Waals surface area contributed by atoms with Crippen LogP contribution in [-0.2, 0) is 19.6 Å². The van der Waals surface area contributed by atoms with E-state index in [1.165, 1.54) is 16.4 Å². The molecule has 1 saturated carbocycles. The molecule has 0 atom stereocenters. The zero-order chi connectivity index (χ0) is 19.4. The first-order valence-corrected chi connectivity index (χ1v) is 10.9. The summed E-state index contributed by atoms with van der Waals surface area (Å²) in [5.41, 5.74) is 0.778. The number of nitrogens with one attached hydrogen (secondary N) is 1. The number of carbonyl (C=O) groups excluding carboxylic acids is 2. The van der Waals surface area contributed by atoms with Crippen molar-refractivity contribution < 1.29 is 22.7 Å². The van der Waals surface area contributed by atoms with Crippen LogP contribution in [0.5, 0.6) is 0 Å². The second-order valence-electron chi connectivity index (χ2n) is 7.21. The molecule has 1 aromatic rings. The standard InChI is InChI=1S/C19H26N2O5S/c1-14-8-9-16(27(24,25)21-10-4-5-11-21)12-17(14)19(23)26-13-18(22)20-15-6-2-3-7-15/h8-9,12,15H,2-7,10-11,13H2,1H3,(H,20,22). The molecule has 1 heterocycles. The number of sulfonamides is 1. The molecule has 0 bridgehead atoms. The van der Waals surface area contributed by atoms with Gasteiger partial charge in [0, 0.05) is 19.1 Å². The van der Waals surface area contributed by atoms with E-state index in [-0.39, 0.29) is 29.0 Å². The van der Waals surface area contributed by atoms with Gasteiger partial charge in [-0.1, -0.05) is 18.9 Å². The summed E-state index contributed by atoms with van der Waals surface area (Å²) >= 11 is 0. The molecule has 0 unspecified atom stereocenters. The Morgan fingerprint density at radius 1 is 1.15 bits per heavy atom. The van der Waals surface area contributed by atoms with E-state index in [1.807, 2.05) is 0 Å². The van der Waals surface area contributed by atoms with Gasteiger partial charge >= 0.3 is 5.97 Å². The first-order chi connectivity index (χ1) is 12.9. The van der Waals surface area contributed by atoms with Gasteiger partial charge in [-0.15, -0.1) is 0 Å². The number of esters is 1. The van der Waals surface area contributed by atoms with Gasteiger partial charge in [0.2, 0.25) is 10.0 Å². The fourth-order valence-electron chi connectivity index (χ4n) is 3.61. The summed E-state index contributed by atoms with van der Waals surface area (Å²) in [6.45, 7) is 2.34. The molecular formula is C19H26N2O5S. The minimum Gasteiger partial charge on any atom is -0.452 e.